The number of hydrogen-bond acceptors (Lipinski definition) is 3. The molecule has 1 saturated heterocycles. The van der Waals surface area contributed by atoms with Crippen molar-refractivity contribution in [3.05, 3.63) is 0 Å². The molecule has 84 valence electrons. The van der Waals surface area contributed by atoms with E-state index in [-0.39, 0.29) is 13.1 Å². The maximum absolute atomic E-state index is 10.9. The molecule has 1 atom stereocenters. The molecule has 8 nitrogen and oxygen atoms in total. The van der Waals surface area contributed by atoms with Crippen LogP contribution in [0.4, 0.5) is 0 Å². The third kappa shape index (κ3) is 2.85. The summed E-state index contributed by atoms with van der Waals surface area (Å²) in [6.45, 7) is 0.0804. The van der Waals surface area contributed by atoms with Gasteiger partial charge in [0.15, 0.2) is 0 Å². The van der Waals surface area contributed by atoms with E-state index in [0.717, 1.165) is 0 Å². The van der Waals surface area contributed by atoms with E-state index in [9.17, 15) is 9.13 Å². The summed E-state index contributed by atoms with van der Waals surface area (Å²) >= 11 is 0. The van der Waals surface area contributed by atoms with Crippen LogP contribution < -0.4 is 5.32 Å². The second kappa shape index (κ2) is 4.00. The lowest BCUT2D eigenvalue weighted by molar-refractivity contribution is 0.210. The van der Waals surface area contributed by atoms with Gasteiger partial charge >= 0.3 is 15.3 Å². The predicted molar refractivity (Wildman–Crippen MR) is 47.5 cm³/mol. The monoisotopic (exact) mass is 246 g/mol. The summed E-state index contributed by atoms with van der Waals surface area (Å²) in [6, 6.07) is 0. The van der Waals surface area contributed by atoms with Crippen LogP contribution in [0, 0.1) is 0 Å². The van der Waals surface area contributed by atoms with Crippen molar-refractivity contribution in [3.8, 4) is 0 Å². The van der Waals surface area contributed by atoms with E-state index >= 15 is 0 Å². The Kier molecular flexibility index (Phi) is 3.51. The number of piperazine rings is 1. The van der Waals surface area contributed by atoms with Crippen LogP contribution in [0.5, 0.6) is 0 Å². The molecule has 1 aliphatic heterocycles. The molecule has 1 rings (SSSR count). The summed E-state index contributed by atoms with van der Waals surface area (Å²) in [5.41, 5.74) is 0. The zero-order valence-corrected chi connectivity index (χ0v) is 8.93. The van der Waals surface area contributed by atoms with Gasteiger partial charge in [0.25, 0.3) is 0 Å². The summed E-state index contributed by atoms with van der Waals surface area (Å²) in [5, 5.41) is 2.67. The minimum absolute atomic E-state index is 0.0833. The summed E-state index contributed by atoms with van der Waals surface area (Å²) in [6.07, 6.45) is 0. The molecule has 14 heavy (non-hydrogen) atoms. The third-order valence-corrected chi connectivity index (χ3v) is 4.48. The maximum Gasteiger partial charge on any atom is 0.403 e. The SMILES string of the molecule is O=P(O)(O)C1CNCCN1P(=O)(O)O. The standard InChI is InChI=1S/C4H12N2O6P2/c7-13(8,9)4-3-5-1-2-6(4)14(10,11)12/h4-5H,1-3H2,(H2,7,8,9)(H2,10,11,12). The molecule has 0 spiro atoms. The molecule has 0 saturated carbocycles. The van der Waals surface area contributed by atoms with E-state index in [2.05, 4.69) is 5.32 Å². The molecule has 0 aromatic heterocycles. The topological polar surface area (TPSA) is 130 Å². The molecule has 0 aromatic carbocycles. The zero-order valence-electron chi connectivity index (χ0n) is 7.15. The Labute approximate surface area is 80.3 Å². The number of hydrogen-bond donors (Lipinski definition) is 5. The highest BCUT2D eigenvalue weighted by Gasteiger charge is 2.43. The van der Waals surface area contributed by atoms with Gasteiger partial charge in [-0.2, -0.15) is 4.67 Å². The normalized spacial score (nSPS) is 26.4. The summed E-state index contributed by atoms with van der Waals surface area (Å²) in [5.74, 6) is -1.45. The Bertz CT molecular complexity index is 266. The molecular weight excluding hydrogens is 234 g/mol. The molecule has 0 aromatic rings. The van der Waals surface area contributed by atoms with Gasteiger partial charge in [-0.1, -0.05) is 0 Å². The van der Waals surface area contributed by atoms with Gasteiger partial charge in [-0.3, -0.25) is 4.57 Å². The highest BCUT2D eigenvalue weighted by Crippen LogP contribution is 2.52. The first kappa shape index (κ1) is 12.3. The lowest BCUT2D eigenvalue weighted by atomic mass is 10.4. The van der Waals surface area contributed by atoms with E-state index in [0.29, 0.717) is 11.2 Å². The van der Waals surface area contributed by atoms with Crippen LogP contribution in [-0.2, 0) is 9.13 Å². The average molecular weight is 246 g/mol. The van der Waals surface area contributed by atoms with Gasteiger partial charge in [-0.05, 0) is 0 Å². The Balaban J connectivity index is 2.91. The van der Waals surface area contributed by atoms with Crippen molar-refractivity contribution in [3.63, 3.8) is 0 Å². The lowest BCUT2D eigenvalue weighted by Gasteiger charge is -2.35. The Morgan fingerprint density at radius 3 is 2.14 bits per heavy atom. The Morgan fingerprint density at radius 2 is 1.79 bits per heavy atom. The van der Waals surface area contributed by atoms with Crippen LogP contribution in [0.3, 0.4) is 0 Å². The van der Waals surface area contributed by atoms with Crippen molar-refractivity contribution in [1.82, 2.24) is 9.99 Å². The van der Waals surface area contributed by atoms with Crippen molar-refractivity contribution >= 4 is 15.3 Å². The molecule has 10 heteroatoms. The fourth-order valence-corrected chi connectivity index (χ4v) is 3.70. The minimum Gasteiger partial charge on any atom is -0.323 e. The third-order valence-electron chi connectivity index (χ3n) is 1.91. The van der Waals surface area contributed by atoms with Crippen LogP contribution in [0.2, 0.25) is 0 Å². The smallest absolute Gasteiger partial charge is 0.323 e. The molecule has 5 N–H and O–H groups in total. The quantitative estimate of drug-likeness (QED) is 0.371. The van der Waals surface area contributed by atoms with Gasteiger partial charge in [0.2, 0.25) is 0 Å². The molecule has 0 bridgehead atoms. The van der Waals surface area contributed by atoms with Crippen LogP contribution in [0.25, 0.3) is 0 Å². The van der Waals surface area contributed by atoms with E-state index in [1.807, 2.05) is 0 Å². The summed E-state index contributed by atoms with van der Waals surface area (Å²) < 4.78 is 22.4. The van der Waals surface area contributed by atoms with Crippen LogP contribution in [-0.4, -0.2) is 49.7 Å². The molecule has 0 aliphatic carbocycles. The molecule has 0 amide bonds. The van der Waals surface area contributed by atoms with Crippen LogP contribution >= 0.6 is 15.3 Å². The van der Waals surface area contributed by atoms with Crippen LogP contribution in [0.1, 0.15) is 0 Å². The number of nitrogens with one attached hydrogen (secondary N) is 1. The average Bonchev–Trinajstić information content (AvgIpc) is 2.01. The largest absolute Gasteiger partial charge is 0.403 e. The fourth-order valence-electron chi connectivity index (χ4n) is 1.28. The Hall–Kier alpha value is 0.220. The van der Waals surface area contributed by atoms with Gasteiger partial charge in [-0.25, -0.2) is 4.57 Å². The van der Waals surface area contributed by atoms with E-state index in [4.69, 9.17) is 19.6 Å². The highest BCUT2D eigenvalue weighted by atomic mass is 31.2. The molecule has 1 fully saturated rings. The maximum atomic E-state index is 10.9. The molecule has 1 heterocycles. The van der Waals surface area contributed by atoms with Gasteiger partial charge in [0, 0.05) is 19.6 Å². The molecule has 1 aliphatic rings. The highest BCUT2D eigenvalue weighted by molar-refractivity contribution is 7.55. The van der Waals surface area contributed by atoms with E-state index < -0.39 is 21.1 Å². The summed E-state index contributed by atoms with van der Waals surface area (Å²) in [4.78, 5) is 35.4. The second-order valence-corrected chi connectivity index (χ2v) is 6.26. The van der Waals surface area contributed by atoms with Crippen molar-refractivity contribution in [2.45, 2.75) is 5.78 Å². The van der Waals surface area contributed by atoms with Gasteiger partial charge in [-0.15, -0.1) is 0 Å². The summed E-state index contributed by atoms with van der Waals surface area (Å²) in [7, 11) is -9.12. The first-order valence-electron chi connectivity index (χ1n) is 3.81. The molecule has 0 radical (unpaired) electrons. The first-order valence-corrected chi connectivity index (χ1v) is 7.06. The molecular formula is C4H12N2O6P2. The Morgan fingerprint density at radius 1 is 1.21 bits per heavy atom. The first-order chi connectivity index (χ1) is 6.23. The van der Waals surface area contributed by atoms with Crippen molar-refractivity contribution in [1.29, 1.82) is 0 Å². The van der Waals surface area contributed by atoms with E-state index in [1.165, 1.54) is 0 Å². The fraction of sp³-hybridized carbons (Fsp3) is 1.00. The lowest BCUT2D eigenvalue weighted by Crippen LogP contribution is -2.49. The number of rotatable bonds is 2. The van der Waals surface area contributed by atoms with E-state index in [1.54, 1.807) is 0 Å². The van der Waals surface area contributed by atoms with Crippen molar-refractivity contribution < 1.29 is 28.7 Å². The minimum atomic E-state index is -4.59. The predicted octanol–water partition coefficient (Wildman–Crippen LogP) is -1.51. The van der Waals surface area contributed by atoms with Crippen molar-refractivity contribution in [2.24, 2.45) is 0 Å². The van der Waals surface area contributed by atoms with Crippen molar-refractivity contribution in [2.75, 3.05) is 19.6 Å². The van der Waals surface area contributed by atoms with Gasteiger partial charge < -0.3 is 24.9 Å². The second-order valence-electron chi connectivity index (χ2n) is 2.95. The number of nitrogens with zero attached hydrogens (tertiary/aromatic N) is 1. The van der Waals surface area contributed by atoms with Crippen LogP contribution in [0.15, 0.2) is 0 Å². The zero-order chi connectivity index (χ0) is 11.0. The van der Waals surface area contributed by atoms with Gasteiger partial charge in [0.05, 0.1) is 0 Å². The molecule has 1 unspecified atom stereocenters. The van der Waals surface area contributed by atoms with Gasteiger partial charge in [0.1, 0.15) is 5.78 Å².